The maximum atomic E-state index is 12.2. The molecule has 4 rings (SSSR count). The Kier molecular flexibility index (Phi) is 4.36. The molecule has 2 heterocycles. The molecule has 0 unspecified atom stereocenters. The van der Waals surface area contributed by atoms with Crippen molar-refractivity contribution in [2.24, 2.45) is 5.92 Å². The van der Waals surface area contributed by atoms with E-state index in [0.717, 1.165) is 38.5 Å². The molecule has 2 aliphatic heterocycles. The molecule has 3 atom stereocenters. The van der Waals surface area contributed by atoms with Crippen LogP contribution in [0, 0.1) is 5.92 Å². The van der Waals surface area contributed by atoms with Crippen LogP contribution in [0.5, 0.6) is 0 Å². The second-order valence-electron chi connectivity index (χ2n) is 7.30. The van der Waals surface area contributed by atoms with Crippen molar-refractivity contribution < 1.29 is 9.53 Å². The molecule has 0 aromatic heterocycles. The first-order chi connectivity index (χ1) is 11.3. The minimum atomic E-state index is 0.179. The van der Waals surface area contributed by atoms with Crippen LogP contribution in [0.25, 0.3) is 0 Å². The zero-order chi connectivity index (χ0) is 15.6. The number of rotatable bonds is 5. The van der Waals surface area contributed by atoms with Gasteiger partial charge in [-0.05, 0) is 37.2 Å². The number of amides is 1. The summed E-state index contributed by atoms with van der Waals surface area (Å²) in [6, 6.07) is 11.0. The predicted molar refractivity (Wildman–Crippen MR) is 89.1 cm³/mol. The van der Waals surface area contributed by atoms with Crippen molar-refractivity contribution in [3.05, 3.63) is 35.9 Å². The van der Waals surface area contributed by atoms with Crippen LogP contribution < -0.4 is 5.32 Å². The van der Waals surface area contributed by atoms with Gasteiger partial charge in [0.15, 0.2) is 0 Å². The summed E-state index contributed by atoms with van der Waals surface area (Å²) < 4.78 is 6.02. The number of aryl methyl sites for hydroxylation is 1. The van der Waals surface area contributed by atoms with Gasteiger partial charge in [0.05, 0.1) is 12.7 Å². The smallest absolute Gasteiger partial charge is 0.220 e. The molecule has 0 spiro atoms. The average molecular weight is 314 g/mol. The molecule has 1 aromatic carbocycles. The largest absolute Gasteiger partial charge is 0.375 e. The second-order valence-corrected chi connectivity index (χ2v) is 7.30. The van der Waals surface area contributed by atoms with Crippen molar-refractivity contribution >= 4 is 5.91 Å². The van der Waals surface area contributed by atoms with E-state index >= 15 is 0 Å². The van der Waals surface area contributed by atoms with Crippen molar-refractivity contribution in [3.63, 3.8) is 0 Å². The van der Waals surface area contributed by atoms with Crippen LogP contribution in [0.1, 0.15) is 31.2 Å². The molecule has 4 nitrogen and oxygen atoms in total. The summed E-state index contributed by atoms with van der Waals surface area (Å²) in [5.74, 6) is 0.980. The van der Waals surface area contributed by atoms with Crippen LogP contribution in [-0.4, -0.2) is 48.7 Å². The van der Waals surface area contributed by atoms with Gasteiger partial charge in [-0.3, -0.25) is 9.69 Å². The Labute approximate surface area is 138 Å². The molecule has 23 heavy (non-hydrogen) atoms. The van der Waals surface area contributed by atoms with E-state index in [1.165, 1.54) is 18.4 Å². The lowest BCUT2D eigenvalue weighted by Crippen LogP contribution is -2.47. The van der Waals surface area contributed by atoms with Crippen molar-refractivity contribution in [2.75, 3.05) is 19.7 Å². The Morgan fingerprint density at radius 1 is 1.22 bits per heavy atom. The number of benzene rings is 1. The fourth-order valence-corrected chi connectivity index (χ4v) is 3.96. The van der Waals surface area contributed by atoms with Gasteiger partial charge in [-0.2, -0.15) is 0 Å². The van der Waals surface area contributed by atoms with E-state index in [1.54, 1.807) is 0 Å². The third-order valence-electron chi connectivity index (χ3n) is 5.44. The van der Waals surface area contributed by atoms with Crippen LogP contribution in [0.3, 0.4) is 0 Å². The summed E-state index contributed by atoms with van der Waals surface area (Å²) in [6.45, 7) is 2.90. The number of ether oxygens (including phenoxy) is 1. The number of nitrogens with zero attached hydrogens (tertiary/aromatic N) is 1. The molecule has 1 aromatic rings. The maximum absolute atomic E-state index is 12.2. The zero-order valence-corrected chi connectivity index (χ0v) is 13.6. The average Bonchev–Trinajstić information content (AvgIpc) is 3.34. The molecule has 3 aliphatic rings. The van der Waals surface area contributed by atoms with E-state index < -0.39 is 0 Å². The Hall–Kier alpha value is -1.39. The van der Waals surface area contributed by atoms with Gasteiger partial charge in [0.2, 0.25) is 5.91 Å². The first kappa shape index (κ1) is 15.2. The molecule has 1 saturated carbocycles. The molecule has 1 aliphatic carbocycles. The van der Waals surface area contributed by atoms with Crippen LogP contribution in [0.15, 0.2) is 30.3 Å². The molecule has 0 bridgehead atoms. The molecule has 1 amide bonds. The van der Waals surface area contributed by atoms with Crippen LogP contribution in [0.2, 0.25) is 0 Å². The highest BCUT2D eigenvalue weighted by Crippen LogP contribution is 2.37. The van der Waals surface area contributed by atoms with Gasteiger partial charge in [0.1, 0.15) is 0 Å². The number of hydrogen-bond donors (Lipinski definition) is 1. The number of morpholine rings is 1. The van der Waals surface area contributed by atoms with E-state index in [0.29, 0.717) is 24.6 Å². The number of carbonyl (C=O) groups excluding carboxylic acids is 1. The van der Waals surface area contributed by atoms with Crippen molar-refractivity contribution in [1.82, 2.24) is 10.2 Å². The molecule has 4 heteroatoms. The van der Waals surface area contributed by atoms with E-state index in [-0.39, 0.29) is 5.91 Å². The van der Waals surface area contributed by atoms with Gasteiger partial charge in [-0.25, -0.2) is 0 Å². The fourth-order valence-electron chi connectivity index (χ4n) is 3.96. The van der Waals surface area contributed by atoms with E-state index in [9.17, 15) is 4.79 Å². The molecule has 1 N–H and O–H groups in total. The lowest BCUT2D eigenvalue weighted by molar-refractivity contribution is -0.121. The highest BCUT2D eigenvalue weighted by molar-refractivity contribution is 5.76. The van der Waals surface area contributed by atoms with Crippen molar-refractivity contribution in [3.8, 4) is 0 Å². The van der Waals surface area contributed by atoms with Gasteiger partial charge < -0.3 is 10.1 Å². The Bertz CT molecular complexity index is 544. The van der Waals surface area contributed by atoms with Crippen LogP contribution >= 0.6 is 0 Å². The number of nitrogens with one attached hydrogen (secondary N) is 1. The zero-order valence-electron chi connectivity index (χ0n) is 13.6. The lowest BCUT2D eigenvalue weighted by atomic mass is 10.1. The molecule has 3 fully saturated rings. The maximum Gasteiger partial charge on any atom is 0.220 e. The Balaban J connectivity index is 1.23. The number of fused-ring (bicyclic) bond motifs is 1. The first-order valence-electron chi connectivity index (χ1n) is 8.97. The van der Waals surface area contributed by atoms with Crippen molar-refractivity contribution in [1.29, 1.82) is 0 Å². The van der Waals surface area contributed by atoms with E-state index in [4.69, 9.17) is 4.74 Å². The molecule has 2 saturated heterocycles. The van der Waals surface area contributed by atoms with Gasteiger partial charge in [0.25, 0.3) is 0 Å². The van der Waals surface area contributed by atoms with Gasteiger partial charge in [-0.15, -0.1) is 0 Å². The topological polar surface area (TPSA) is 41.6 Å². The van der Waals surface area contributed by atoms with Crippen LogP contribution in [0.4, 0.5) is 0 Å². The third-order valence-corrected chi connectivity index (χ3v) is 5.44. The van der Waals surface area contributed by atoms with Gasteiger partial charge in [-0.1, -0.05) is 30.3 Å². The van der Waals surface area contributed by atoms with E-state index in [1.807, 2.05) is 18.2 Å². The fraction of sp³-hybridized carbons (Fsp3) is 0.632. The Morgan fingerprint density at radius 2 is 2.04 bits per heavy atom. The SMILES string of the molecule is O=C(CCc1ccccc1)N[C@H]1C[C@H]2CO[C@@H](C3CC3)CN2C1. The predicted octanol–water partition coefficient (Wildman–Crippen LogP) is 1.99. The van der Waals surface area contributed by atoms with Crippen LogP contribution in [-0.2, 0) is 16.0 Å². The third kappa shape index (κ3) is 3.75. The van der Waals surface area contributed by atoms with Gasteiger partial charge >= 0.3 is 0 Å². The van der Waals surface area contributed by atoms with Gasteiger partial charge in [0, 0.05) is 31.6 Å². The number of hydrogen-bond acceptors (Lipinski definition) is 3. The monoisotopic (exact) mass is 314 g/mol. The van der Waals surface area contributed by atoms with E-state index in [2.05, 4.69) is 22.3 Å². The molecular formula is C19H26N2O2. The standard InChI is InChI=1S/C19H26N2O2/c22-19(9-6-14-4-2-1-3-5-14)20-16-10-17-13-23-18(15-7-8-15)12-21(17)11-16/h1-5,15-18H,6-13H2,(H,20,22)/t16-,17-,18+/m0/s1. The minimum Gasteiger partial charge on any atom is -0.375 e. The minimum absolute atomic E-state index is 0.179. The highest BCUT2D eigenvalue weighted by Gasteiger charge is 2.42. The Morgan fingerprint density at radius 3 is 2.83 bits per heavy atom. The summed E-state index contributed by atoms with van der Waals surface area (Å²) in [5.41, 5.74) is 1.23. The highest BCUT2D eigenvalue weighted by atomic mass is 16.5. The lowest BCUT2D eigenvalue weighted by Gasteiger charge is -2.35. The normalized spacial score (nSPS) is 30.9. The summed E-state index contributed by atoms with van der Waals surface area (Å²) in [4.78, 5) is 14.7. The van der Waals surface area contributed by atoms with Crippen molar-refractivity contribution in [2.45, 2.75) is 50.3 Å². The quantitative estimate of drug-likeness (QED) is 0.904. The summed E-state index contributed by atoms with van der Waals surface area (Å²) >= 11 is 0. The summed E-state index contributed by atoms with van der Waals surface area (Å²) in [6.07, 6.45) is 5.55. The second kappa shape index (κ2) is 6.62. The first-order valence-corrected chi connectivity index (χ1v) is 8.97. The summed E-state index contributed by atoms with van der Waals surface area (Å²) in [7, 11) is 0. The number of carbonyl (C=O) groups is 1. The molecule has 124 valence electrons. The summed E-state index contributed by atoms with van der Waals surface area (Å²) in [5, 5.41) is 3.23. The molecule has 0 radical (unpaired) electrons. The molecular weight excluding hydrogens is 288 g/mol.